The highest BCUT2D eigenvalue weighted by Crippen LogP contribution is 2.26. The molecule has 0 aliphatic carbocycles. The molecule has 0 unspecified atom stereocenters. The number of aliphatic carboxylic acids is 1. The van der Waals surface area contributed by atoms with Gasteiger partial charge in [-0.05, 0) is 12.1 Å². The average molecular weight is 230 g/mol. The molecule has 0 spiro atoms. The number of nitro groups is 1. The van der Waals surface area contributed by atoms with E-state index < -0.39 is 29.0 Å². The van der Waals surface area contributed by atoms with Crippen molar-refractivity contribution in [3.05, 3.63) is 34.1 Å². The maximum absolute atomic E-state index is 13.0. The fourth-order valence-electron chi connectivity index (χ4n) is 0.959. The number of anilines is 1. The number of rotatable bonds is 5. The molecule has 0 aliphatic heterocycles. The number of para-hydroxylation sites is 1. The molecule has 0 atom stereocenters. The molecule has 0 aliphatic rings. The molecule has 0 aromatic heterocycles. The van der Waals surface area contributed by atoms with E-state index in [1.807, 2.05) is 5.48 Å². The Morgan fingerprint density at radius 3 is 2.88 bits per heavy atom. The first-order valence-corrected chi connectivity index (χ1v) is 4.05. The molecule has 0 saturated carbocycles. The Labute approximate surface area is 88.6 Å². The van der Waals surface area contributed by atoms with Crippen molar-refractivity contribution in [1.29, 1.82) is 0 Å². The van der Waals surface area contributed by atoms with Crippen LogP contribution < -0.4 is 5.48 Å². The van der Waals surface area contributed by atoms with Crippen molar-refractivity contribution in [3.63, 3.8) is 0 Å². The van der Waals surface area contributed by atoms with Gasteiger partial charge >= 0.3 is 11.7 Å². The first kappa shape index (κ1) is 11.9. The van der Waals surface area contributed by atoms with Gasteiger partial charge in [-0.2, -0.15) is 4.39 Å². The summed E-state index contributed by atoms with van der Waals surface area (Å²) < 4.78 is 13.0. The van der Waals surface area contributed by atoms with E-state index in [-0.39, 0.29) is 5.69 Å². The Hall–Kier alpha value is -2.22. The second kappa shape index (κ2) is 5.03. The molecule has 1 aromatic rings. The molecular formula is C8H7FN2O5. The fraction of sp³-hybridized carbons (Fsp3) is 0.125. The number of nitrogens with zero attached hydrogens (tertiary/aromatic N) is 1. The quantitative estimate of drug-likeness (QED) is 0.581. The number of benzene rings is 1. The molecule has 1 aromatic carbocycles. The third-order valence-corrected chi connectivity index (χ3v) is 1.55. The lowest BCUT2D eigenvalue weighted by Crippen LogP contribution is -2.12. The standard InChI is InChI=1S/C8H7FN2O5/c9-5-2-1-3-6(8(5)11(14)15)10-16-4-7(12)13/h1-3,10H,4H2,(H,12,13). The van der Waals surface area contributed by atoms with Crippen LogP contribution in [0.3, 0.4) is 0 Å². The number of nitro benzene ring substituents is 1. The summed E-state index contributed by atoms with van der Waals surface area (Å²) in [5, 5.41) is 18.7. The average Bonchev–Trinajstić information content (AvgIpc) is 2.16. The summed E-state index contributed by atoms with van der Waals surface area (Å²) in [5.41, 5.74) is 0.962. The minimum absolute atomic E-state index is 0.244. The zero-order valence-electron chi connectivity index (χ0n) is 7.84. The highest BCUT2D eigenvalue weighted by Gasteiger charge is 2.19. The van der Waals surface area contributed by atoms with Crippen molar-refractivity contribution in [1.82, 2.24) is 0 Å². The van der Waals surface area contributed by atoms with Gasteiger partial charge in [0.25, 0.3) is 0 Å². The van der Waals surface area contributed by atoms with Crippen LogP contribution in [-0.4, -0.2) is 22.6 Å². The minimum Gasteiger partial charge on any atom is -0.479 e. The first-order chi connectivity index (χ1) is 7.52. The molecule has 16 heavy (non-hydrogen) atoms. The van der Waals surface area contributed by atoms with Crippen molar-refractivity contribution in [2.24, 2.45) is 0 Å². The highest BCUT2D eigenvalue weighted by molar-refractivity contribution is 5.68. The molecule has 0 saturated heterocycles. The van der Waals surface area contributed by atoms with Crippen molar-refractivity contribution in [2.75, 3.05) is 12.1 Å². The van der Waals surface area contributed by atoms with Crippen LogP contribution in [0.25, 0.3) is 0 Å². The molecular weight excluding hydrogens is 223 g/mol. The van der Waals surface area contributed by atoms with Gasteiger partial charge in [-0.3, -0.25) is 20.4 Å². The van der Waals surface area contributed by atoms with E-state index in [9.17, 15) is 19.3 Å². The number of carboxylic acid groups (broad SMARTS) is 1. The van der Waals surface area contributed by atoms with E-state index in [1.54, 1.807) is 0 Å². The summed E-state index contributed by atoms with van der Waals surface area (Å²) in [6, 6.07) is 3.35. The summed E-state index contributed by atoms with van der Waals surface area (Å²) in [4.78, 5) is 24.1. The predicted octanol–water partition coefficient (Wildman–Crippen LogP) is 1.16. The van der Waals surface area contributed by atoms with Gasteiger partial charge in [0.2, 0.25) is 5.82 Å². The van der Waals surface area contributed by atoms with E-state index in [0.717, 1.165) is 6.07 Å². The number of hydrogen-bond acceptors (Lipinski definition) is 5. The second-order valence-electron chi connectivity index (χ2n) is 2.68. The maximum atomic E-state index is 13.0. The third kappa shape index (κ3) is 2.89. The van der Waals surface area contributed by atoms with Crippen LogP contribution >= 0.6 is 0 Å². The Balaban J connectivity index is 2.83. The van der Waals surface area contributed by atoms with E-state index >= 15 is 0 Å². The van der Waals surface area contributed by atoms with Gasteiger partial charge in [0.15, 0.2) is 6.61 Å². The summed E-state index contributed by atoms with van der Waals surface area (Å²) in [7, 11) is 0. The summed E-state index contributed by atoms with van der Waals surface area (Å²) in [6.45, 7) is -0.701. The van der Waals surface area contributed by atoms with E-state index in [2.05, 4.69) is 4.84 Å². The van der Waals surface area contributed by atoms with Crippen LogP contribution in [0, 0.1) is 15.9 Å². The van der Waals surface area contributed by atoms with Crippen LogP contribution in [0.5, 0.6) is 0 Å². The summed E-state index contributed by atoms with van der Waals surface area (Å²) >= 11 is 0. The lowest BCUT2D eigenvalue weighted by atomic mass is 10.2. The maximum Gasteiger partial charge on any atom is 0.332 e. The third-order valence-electron chi connectivity index (χ3n) is 1.55. The molecule has 8 heteroatoms. The molecule has 0 bridgehead atoms. The van der Waals surface area contributed by atoms with E-state index in [4.69, 9.17) is 5.11 Å². The van der Waals surface area contributed by atoms with Crippen LogP contribution in [0.2, 0.25) is 0 Å². The lowest BCUT2D eigenvalue weighted by molar-refractivity contribution is -0.386. The number of halogens is 1. The number of carboxylic acids is 1. The van der Waals surface area contributed by atoms with Crippen molar-refractivity contribution >= 4 is 17.3 Å². The molecule has 1 rings (SSSR count). The van der Waals surface area contributed by atoms with Crippen LogP contribution in [-0.2, 0) is 9.63 Å². The smallest absolute Gasteiger partial charge is 0.332 e. The van der Waals surface area contributed by atoms with Gasteiger partial charge in [-0.15, -0.1) is 0 Å². The largest absolute Gasteiger partial charge is 0.479 e. The van der Waals surface area contributed by atoms with Crippen LogP contribution in [0.1, 0.15) is 0 Å². The number of hydrogen-bond donors (Lipinski definition) is 2. The SMILES string of the molecule is O=C(O)CONc1cccc(F)c1[N+](=O)[O-]. The Kier molecular flexibility index (Phi) is 3.72. The van der Waals surface area contributed by atoms with Gasteiger partial charge in [0.1, 0.15) is 5.69 Å². The first-order valence-electron chi connectivity index (χ1n) is 4.05. The highest BCUT2D eigenvalue weighted by atomic mass is 19.1. The van der Waals surface area contributed by atoms with Gasteiger partial charge in [-0.25, -0.2) is 4.79 Å². The molecule has 7 nitrogen and oxygen atoms in total. The zero-order valence-corrected chi connectivity index (χ0v) is 7.84. The summed E-state index contributed by atoms with van der Waals surface area (Å²) in [6.07, 6.45) is 0. The second-order valence-corrected chi connectivity index (χ2v) is 2.68. The topological polar surface area (TPSA) is 102 Å². The summed E-state index contributed by atoms with van der Waals surface area (Å²) in [5.74, 6) is -2.29. The van der Waals surface area contributed by atoms with Gasteiger partial charge in [0, 0.05) is 0 Å². The molecule has 86 valence electrons. The Morgan fingerprint density at radius 2 is 2.31 bits per heavy atom. The van der Waals surface area contributed by atoms with Gasteiger partial charge in [0.05, 0.1) is 4.92 Å². The van der Waals surface area contributed by atoms with Gasteiger partial charge < -0.3 is 5.11 Å². The van der Waals surface area contributed by atoms with Gasteiger partial charge in [-0.1, -0.05) is 6.07 Å². The molecule has 0 heterocycles. The van der Waals surface area contributed by atoms with E-state index in [0.29, 0.717) is 0 Å². The predicted molar refractivity (Wildman–Crippen MR) is 50.3 cm³/mol. The monoisotopic (exact) mass is 230 g/mol. The molecule has 0 amide bonds. The minimum atomic E-state index is -1.26. The fourth-order valence-corrected chi connectivity index (χ4v) is 0.959. The molecule has 2 N–H and O–H groups in total. The number of nitrogens with one attached hydrogen (secondary N) is 1. The molecule has 0 radical (unpaired) electrons. The lowest BCUT2D eigenvalue weighted by Gasteiger charge is -2.05. The van der Waals surface area contributed by atoms with Crippen molar-refractivity contribution < 1.29 is 24.1 Å². The number of carbonyl (C=O) groups is 1. The Morgan fingerprint density at radius 1 is 1.62 bits per heavy atom. The Bertz CT molecular complexity index is 423. The van der Waals surface area contributed by atoms with Crippen molar-refractivity contribution in [2.45, 2.75) is 0 Å². The molecule has 0 fully saturated rings. The van der Waals surface area contributed by atoms with Crippen LogP contribution in [0.4, 0.5) is 15.8 Å². The van der Waals surface area contributed by atoms with E-state index in [1.165, 1.54) is 12.1 Å². The normalized spacial score (nSPS) is 9.81. The van der Waals surface area contributed by atoms with Crippen molar-refractivity contribution in [3.8, 4) is 0 Å². The van der Waals surface area contributed by atoms with Crippen LogP contribution in [0.15, 0.2) is 18.2 Å². The zero-order chi connectivity index (χ0) is 12.1.